The Labute approximate surface area is 102 Å². The Morgan fingerprint density at radius 2 is 2.24 bits per heavy atom. The molecule has 0 amide bonds. The third-order valence-electron chi connectivity index (χ3n) is 2.45. The summed E-state index contributed by atoms with van der Waals surface area (Å²) in [4.78, 5) is 15.3. The molecule has 0 aliphatic carbocycles. The first-order chi connectivity index (χ1) is 8.18. The minimum Gasteiger partial charge on any atom is -0.323 e. The van der Waals surface area contributed by atoms with Crippen molar-refractivity contribution in [3.63, 3.8) is 0 Å². The van der Waals surface area contributed by atoms with Crippen molar-refractivity contribution < 1.29 is 4.92 Å². The fraction of sp³-hybridized carbons (Fsp3) is 0.182. The van der Waals surface area contributed by atoms with Gasteiger partial charge < -0.3 is 5.73 Å². The second-order valence-electron chi connectivity index (χ2n) is 3.60. The van der Waals surface area contributed by atoms with Gasteiger partial charge >= 0.3 is 0 Å². The molecule has 2 aromatic rings. The molecule has 1 aromatic carbocycles. The monoisotopic (exact) mass is 249 g/mol. The molecule has 1 aromatic heterocycles. The Kier molecular flexibility index (Phi) is 3.46. The summed E-state index contributed by atoms with van der Waals surface area (Å²) in [6.45, 7) is 0. The van der Waals surface area contributed by atoms with Crippen molar-refractivity contribution >= 4 is 17.0 Å². The van der Waals surface area contributed by atoms with E-state index in [1.807, 2.05) is 0 Å². The maximum Gasteiger partial charge on any atom is 0.272 e. The van der Waals surface area contributed by atoms with Gasteiger partial charge in [-0.1, -0.05) is 18.2 Å². The van der Waals surface area contributed by atoms with Crippen molar-refractivity contribution in [2.75, 3.05) is 0 Å². The van der Waals surface area contributed by atoms with Gasteiger partial charge in [-0.05, 0) is 6.42 Å². The Morgan fingerprint density at radius 1 is 1.47 bits per heavy atom. The number of nitro benzene ring substituents is 1. The third kappa shape index (κ3) is 2.66. The van der Waals surface area contributed by atoms with Gasteiger partial charge in [-0.3, -0.25) is 15.1 Å². The summed E-state index contributed by atoms with van der Waals surface area (Å²) in [5.74, 6) is 0. The molecule has 2 rings (SSSR count). The number of nitrogens with two attached hydrogens (primary N) is 1. The van der Waals surface area contributed by atoms with Gasteiger partial charge in [-0.25, -0.2) is 0 Å². The fourth-order valence-electron chi connectivity index (χ4n) is 1.61. The molecular weight excluding hydrogens is 238 g/mol. The maximum absolute atomic E-state index is 10.8. The second kappa shape index (κ2) is 5.03. The van der Waals surface area contributed by atoms with Crippen LogP contribution in [0.5, 0.6) is 0 Å². The van der Waals surface area contributed by atoms with Crippen molar-refractivity contribution in [1.29, 1.82) is 0 Å². The zero-order valence-corrected chi connectivity index (χ0v) is 9.76. The summed E-state index contributed by atoms with van der Waals surface area (Å²) in [5.41, 5.74) is 8.46. The standard InChI is InChI=1S/C11H11N3O2S/c12-9(11-6-13-7-17-11)5-8-3-1-2-4-10(8)14(15)16/h1-4,6-7,9H,5,12H2. The first kappa shape index (κ1) is 11.7. The number of nitrogens with zero attached hydrogens (tertiary/aromatic N) is 2. The van der Waals surface area contributed by atoms with E-state index in [0.29, 0.717) is 12.0 Å². The van der Waals surface area contributed by atoms with Crippen LogP contribution in [-0.4, -0.2) is 9.91 Å². The lowest BCUT2D eigenvalue weighted by Gasteiger charge is -2.09. The number of nitro groups is 1. The Morgan fingerprint density at radius 3 is 2.88 bits per heavy atom. The van der Waals surface area contributed by atoms with E-state index in [2.05, 4.69) is 4.98 Å². The Bertz CT molecular complexity index is 513. The third-order valence-corrected chi connectivity index (χ3v) is 3.35. The molecule has 88 valence electrons. The fourth-order valence-corrected chi connectivity index (χ4v) is 2.23. The lowest BCUT2D eigenvalue weighted by Crippen LogP contribution is -2.12. The van der Waals surface area contributed by atoms with Crippen LogP contribution in [0.2, 0.25) is 0 Å². The SMILES string of the molecule is NC(Cc1ccccc1[N+](=O)[O-])c1cncs1. The van der Waals surface area contributed by atoms with E-state index in [-0.39, 0.29) is 16.7 Å². The van der Waals surface area contributed by atoms with Crippen LogP contribution in [0, 0.1) is 10.1 Å². The van der Waals surface area contributed by atoms with Gasteiger partial charge in [-0.15, -0.1) is 11.3 Å². The molecule has 1 unspecified atom stereocenters. The van der Waals surface area contributed by atoms with E-state index in [1.165, 1.54) is 17.4 Å². The average Bonchev–Trinajstić information content (AvgIpc) is 2.83. The number of hydrogen-bond acceptors (Lipinski definition) is 5. The minimum atomic E-state index is -0.380. The van der Waals surface area contributed by atoms with Crippen molar-refractivity contribution in [1.82, 2.24) is 4.98 Å². The van der Waals surface area contributed by atoms with Crippen molar-refractivity contribution in [3.8, 4) is 0 Å². The number of aromatic nitrogens is 1. The minimum absolute atomic E-state index is 0.118. The molecule has 0 radical (unpaired) electrons. The summed E-state index contributed by atoms with van der Waals surface area (Å²) in [5, 5.41) is 10.8. The zero-order chi connectivity index (χ0) is 12.3. The topological polar surface area (TPSA) is 82.0 Å². The van der Waals surface area contributed by atoms with Crippen LogP contribution in [0.3, 0.4) is 0 Å². The molecule has 17 heavy (non-hydrogen) atoms. The normalized spacial score (nSPS) is 12.3. The van der Waals surface area contributed by atoms with E-state index in [0.717, 1.165) is 4.88 Å². The molecule has 6 heteroatoms. The summed E-state index contributed by atoms with van der Waals surface area (Å²) in [6, 6.07) is 6.42. The maximum atomic E-state index is 10.8. The molecule has 5 nitrogen and oxygen atoms in total. The average molecular weight is 249 g/mol. The van der Waals surface area contributed by atoms with Crippen LogP contribution in [0.15, 0.2) is 36.0 Å². The smallest absolute Gasteiger partial charge is 0.272 e. The van der Waals surface area contributed by atoms with Crippen LogP contribution in [-0.2, 0) is 6.42 Å². The predicted molar refractivity (Wildman–Crippen MR) is 65.8 cm³/mol. The van der Waals surface area contributed by atoms with Crippen molar-refractivity contribution in [2.24, 2.45) is 5.73 Å². The van der Waals surface area contributed by atoms with Gasteiger partial charge in [0.1, 0.15) is 0 Å². The van der Waals surface area contributed by atoms with E-state index in [1.54, 1.807) is 29.9 Å². The van der Waals surface area contributed by atoms with E-state index in [4.69, 9.17) is 5.73 Å². The van der Waals surface area contributed by atoms with Crippen molar-refractivity contribution in [3.05, 3.63) is 56.5 Å². The molecular formula is C11H11N3O2S. The Hall–Kier alpha value is -1.79. The second-order valence-corrected chi connectivity index (χ2v) is 4.52. The highest BCUT2D eigenvalue weighted by Gasteiger charge is 2.16. The first-order valence-corrected chi connectivity index (χ1v) is 5.92. The van der Waals surface area contributed by atoms with Gasteiger partial charge in [-0.2, -0.15) is 0 Å². The summed E-state index contributed by atoms with van der Waals surface area (Å²) in [6.07, 6.45) is 2.14. The first-order valence-electron chi connectivity index (χ1n) is 5.04. The van der Waals surface area contributed by atoms with Crippen LogP contribution in [0.1, 0.15) is 16.5 Å². The van der Waals surface area contributed by atoms with Crippen LogP contribution < -0.4 is 5.73 Å². The molecule has 2 N–H and O–H groups in total. The highest BCUT2D eigenvalue weighted by molar-refractivity contribution is 7.09. The molecule has 1 heterocycles. The summed E-state index contributed by atoms with van der Waals surface area (Å²) in [7, 11) is 0. The van der Waals surface area contributed by atoms with E-state index in [9.17, 15) is 10.1 Å². The molecule has 0 spiro atoms. The molecule has 0 fully saturated rings. The summed E-state index contributed by atoms with van der Waals surface area (Å²) >= 11 is 1.46. The number of para-hydroxylation sites is 1. The van der Waals surface area contributed by atoms with E-state index >= 15 is 0 Å². The number of thiazole rings is 1. The predicted octanol–water partition coefficient (Wildman–Crippen LogP) is 2.29. The highest BCUT2D eigenvalue weighted by atomic mass is 32.1. The Balaban J connectivity index is 2.21. The number of benzene rings is 1. The molecule has 1 atom stereocenters. The molecule has 0 aliphatic rings. The van der Waals surface area contributed by atoms with Crippen LogP contribution in [0.4, 0.5) is 5.69 Å². The summed E-state index contributed by atoms with van der Waals surface area (Å²) < 4.78 is 0. The highest BCUT2D eigenvalue weighted by Crippen LogP contribution is 2.24. The lowest BCUT2D eigenvalue weighted by molar-refractivity contribution is -0.385. The zero-order valence-electron chi connectivity index (χ0n) is 8.95. The van der Waals surface area contributed by atoms with Crippen LogP contribution in [0.25, 0.3) is 0 Å². The number of rotatable bonds is 4. The molecule has 0 saturated heterocycles. The molecule has 0 saturated carbocycles. The lowest BCUT2D eigenvalue weighted by atomic mass is 10.0. The van der Waals surface area contributed by atoms with Gasteiger partial charge in [0, 0.05) is 28.7 Å². The van der Waals surface area contributed by atoms with Gasteiger partial charge in [0.2, 0.25) is 0 Å². The molecule has 0 aliphatic heterocycles. The van der Waals surface area contributed by atoms with E-state index < -0.39 is 0 Å². The van der Waals surface area contributed by atoms with Gasteiger partial charge in [0.05, 0.1) is 10.4 Å². The number of hydrogen-bond donors (Lipinski definition) is 1. The quantitative estimate of drug-likeness (QED) is 0.665. The van der Waals surface area contributed by atoms with Gasteiger partial charge in [0.25, 0.3) is 5.69 Å². The van der Waals surface area contributed by atoms with Crippen LogP contribution >= 0.6 is 11.3 Å². The largest absolute Gasteiger partial charge is 0.323 e. The van der Waals surface area contributed by atoms with Gasteiger partial charge in [0.15, 0.2) is 0 Å². The molecule has 0 bridgehead atoms. The van der Waals surface area contributed by atoms with Crippen molar-refractivity contribution in [2.45, 2.75) is 12.5 Å².